The molecule has 0 spiro atoms. The van der Waals surface area contributed by atoms with Crippen molar-refractivity contribution in [3.63, 3.8) is 0 Å². The van der Waals surface area contributed by atoms with Crippen molar-refractivity contribution in [2.24, 2.45) is 0 Å². The highest BCUT2D eigenvalue weighted by Crippen LogP contribution is 2.51. The van der Waals surface area contributed by atoms with E-state index in [1.165, 1.54) is 75.9 Å². The van der Waals surface area contributed by atoms with Gasteiger partial charge in [0.1, 0.15) is 0 Å². The molecule has 8 heteroatoms. The maximum Gasteiger partial charge on any atom is 0.283 e. The highest BCUT2D eigenvalue weighted by Gasteiger charge is 2.46. The Morgan fingerprint density at radius 1 is 0.297 bits per heavy atom. The number of nitrogens with zero attached hydrogens (tertiary/aromatic N) is 4. The van der Waals surface area contributed by atoms with E-state index in [4.69, 9.17) is 0 Å². The van der Waals surface area contributed by atoms with Crippen LogP contribution in [-0.4, -0.2) is 12.7 Å². The lowest BCUT2D eigenvalue weighted by molar-refractivity contribution is 1.22. The number of hydrogen-bond donors (Lipinski definition) is 0. The van der Waals surface area contributed by atoms with Crippen molar-refractivity contribution in [1.82, 2.24) is 0 Å². The van der Waals surface area contributed by atoms with E-state index in [1.807, 2.05) is 23.4 Å². The summed E-state index contributed by atoms with van der Waals surface area (Å²) in [5.41, 5.74) is 22.9. The first-order valence-electron chi connectivity index (χ1n) is 25.3. The zero-order valence-corrected chi connectivity index (χ0v) is 41.8. The summed E-state index contributed by atoms with van der Waals surface area (Å²) in [6.07, 6.45) is 0. The van der Waals surface area contributed by atoms with Crippen molar-refractivity contribution in [3.8, 4) is 11.1 Å². The molecular formula is C66H44B2N4S2. The van der Waals surface area contributed by atoms with Gasteiger partial charge in [-0.05, 0) is 154 Å². The second-order valence-electron chi connectivity index (χ2n) is 19.2. The van der Waals surface area contributed by atoms with Gasteiger partial charge in [0, 0.05) is 77.2 Å². The van der Waals surface area contributed by atoms with Crippen LogP contribution in [0.15, 0.2) is 282 Å². The molecule has 0 bridgehead atoms. The van der Waals surface area contributed by atoms with Gasteiger partial charge in [0.25, 0.3) is 12.7 Å². The van der Waals surface area contributed by atoms with Gasteiger partial charge in [0.2, 0.25) is 0 Å². The molecule has 0 unspecified atom stereocenters. The smallest absolute Gasteiger partial charge is 0.283 e. The Morgan fingerprint density at radius 3 is 1.34 bits per heavy atom. The van der Waals surface area contributed by atoms with E-state index in [0.29, 0.717) is 0 Å². The molecule has 0 amide bonds. The van der Waals surface area contributed by atoms with E-state index in [9.17, 15) is 0 Å². The Labute approximate surface area is 441 Å². The number of para-hydroxylation sites is 7. The normalized spacial score (nSPS) is 13.2. The molecule has 0 aliphatic carbocycles. The molecule has 4 heterocycles. The number of hydrogen-bond acceptors (Lipinski definition) is 6. The standard InChI is InChI=1S/C66H44B2N4S2/c1-7-23-45(24-8-1)69(46-25-9-2-10-26-46)51-39-54-53-35-19-22-38-62(53)74-68-57-43-56-59(44-63(57)73-64(42-51)65(54)68)72(50-33-17-6-18-34-50)61-41-52(70(47-27-11-3-12-28-47)48-29-13-4-14-30-48)40-60-66(61)67(56)55-36-20-21-37-58(55)71(60)49-31-15-5-16-32-49/h1-44H. The van der Waals surface area contributed by atoms with E-state index in [0.717, 1.165) is 45.5 Å². The summed E-state index contributed by atoms with van der Waals surface area (Å²) in [4.78, 5) is 13.8. The van der Waals surface area contributed by atoms with Crippen molar-refractivity contribution in [1.29, 1.82) is 0 Å². The van der Waals surface area contributed by atoms with Crippen LogP contribution >= 0.6 is 23.4 Å². The highest BCUT2D eigenvalue weighted by atomic mass is 32.2. The maximum absolute atomic E-state index is 2.61. The van der Waals surface area contributed by atoms with Crippen LogP contribution in [0.3, 0.4) is 0 Å². The van der Waals surface area contributed by atoms with Gasteiger partial charge >= 0.3 is 0 Å². The minimum absolute atomic E-state index is 0.0493. The van der Waals surface area contributed by atoms with Crippen molar-refractivity contribution < 1.29 is 0 Å². The first-order chi connectivity index (χ1) is 36.7. The van der Waals surface area contributed by atoms with Crippen LogP contribution in [0.2, 0.25) is 0 Å². The van der Waals surface area contributed by atoms with Gasteiger partial charge in [0.15, 0.2) is 0 Å². The van der Waals surface area contributed by atoms with Gasteiger partial charge in [-0.1, -0.05) is 163 Å². The van der Waals surface area contributed by atoms with Crippen LogP contribution in [0.25, 0.3) is 11.1 Å². The van der Waals surface area contributed by atoms with Gasteiger partial charge in [-0.2, -0.15) is 11.6 Å². The largest absolute Gasteiger partial charge is 0.311 e. The second kappa shape index (κ2) is 17.6. The summed E-state index contributed by atoms with van der Waals surface area (Å²) < 4.78 is 0. The molecule has 74 heavy (non-hydrogen) atoms. The average Bonchev–Trinajstić information content (AvgIpc) is 3.51. The highest BCUT2D eigenvalue weighted by molar-refractivity contribution is 8.28. The maximum atomic E-state index is 2.61. The van der Waals surface area contributed by atoms with Crippen LogP contribution in [0, 0.1) is 0 Å². The van der Waals surface area contributed by atoms with E-state index >= 15 is 0 Å². The number of rotatable bonds is 8. The van der Waals surface area contributed by atoms with Crippen LogP contribution in [-0.2, 0) is 0 Å². The number of anilines is 12. The fourth-order valence-corrected chi connectivity index (χ4v) is 14.7. The third-order valence-electron chi connectivity index (χ3n) is 15.0. The molecule has 11 aromatic rings. The first kappa shape index (κ1) is 43.1. The quantitative estimate of drug-likeness (QED) is 0.140. The monoisotopic (exact) mass is 978 g/mol. The Balaban J connectivity index is 0.996. The molecule has 0 saturated heterocycles. The Bertz CT molecular complexity index is 3860. The second-order valence-corrected chi connectivity index (χ2v) is 21.4. The molecule has 4 aliphatic rings. The molecule has 4 nitrogen and oxygen atoms in total. The number of benzene rings is 11. The lowest BCUT2D eigenvalue weighted by Gasteiger charge is -2.45. The first-order valence-corrected chi connectivity index (χ1v) is 27.0. The molecular weight excluding hydrogens is 935 g/mol. The van der Waals surface area contributed by atoms with Gasteiger partial charge in [-0.15, -0.1) is 0 Å². The molecule has 4 aliphatic heterocycles. The van der Waals surface area contributed by atoms with Gasteiger partial charge in [-0.25, -0.2) is 0 Å². The minimum Gasteiger partial charge on any atom is -0.311 e. The molecule has 0 aromatic heterocycles. The van der Waals surface area contributed by atoms with Gasteiger partial charge in [0.05, 0.1) is 5.69 Å². The topological polar surface area (TPSA) is 13.0 Å². The summed E-state index contributed by atoms with van der Waals surface area (Å²) in [6, 6.07) is 98.3. The third-order valence-corrected chi connectivity index (χ3v) is 17.5. The SMILES string of the molecule is c1ccc(N(c2ccccc2)c2cc3c4c(c2)-c2ccccc2SB4c2cc4c(cc2S3)N(c2ccccc2)c2cc(N(c3ccccc3)c3ccccc3)cc3c2B4c2ccccc2N3c2ccccc2)cc1. The summed E-state index contributed by atoms with van der Waals surface area (Å²) in [6.45, 7) is -0.0493. The van der Waals surface area contributed by atoms with Crippen LogP contribution in [0.4, 0.5) is 68.2 Å². The molecule has 0 saturated carbocycles. The molecule has 11 aromatic carbocycles. The minimum atomic E-state index is -0.0493. The zero-order chi connectivity index (χ0) is 48.7. The summed E-state index contributed by atoms with van der Waals surface area (Å²) in [5, 5.41) is 0. The van der Waals surface area contributed by atoms with E-state index in [2.05, 4.69) is 287 Å². The van der Waals surface area contributed by atoms with Gasteiger partial charge < -0.3 is 19.6 Å². The fraction of sp³-hybridized carbons (Fsp3) is 0. The zero-order valence-electron chi connectivity index (χ0n) is 40.2. The van der Waals surface area contributed by atoms with E-state index < -0.39 is 0 Å². The Morgan fingerprint density at radius 2 is 0.770 bits per heavy atom. The molecule has 15 rings (SSSR count). The summed E-state index contributed by atoms with van der Waals surface area (Å²) in [7, 11) is 0. The van der Waals surface area contributed by atoms with E-state index in [-0.39, 0.29) is 12.7 Å². The van der Waals surface area contributed by atoms with Crippen LogP contribution < -0.4 is 46.9 Å². The van der Waals surface area contributed by atoms with Crippen molar-refractivity contribution in [2.75, 3.05) is 19.6 Å². The molecule has 0 fully saturated rings. The van der Waals surface area contributed by atoms with E-state index in [1.54, 1.807) is 0 Å². The Kier molecular flexibility index (Phi) is 10.2. The van der Waals surface area contributed by atoms with Crippen LogP contribution in [0.5, 0.6) is 0 Å². The summed E-state index contributed by atoms with van der Waals surface area (Å²) in [5.74, 6) is 0.0887. The average molecular weight is 979 g/mol. The predicted molar refractivity (Wildman–Crippen MR) is 317 cm³/mol. The predicted octanol–water partition coefficient (Wildman–Crippen LogP) is 15.1. The lowest BCUT2D eigenvalue weighted by atomic mass is 9.33. The van der Waals surface area contributed by atoms with Gasteiger partial charge in [-0.3, -0.25) is 0 Å². The third kappa shape index (κ3) is 6.89. The number of fused-ring (bicyclic) bond motifs is 8. The van der Waals surface area contributed by atoms with Crippen molar-refractivity contribution in [2.45, 2.75) is 14.7 Å². The Hall–Kier alpha value is -8.55. The van der Waals surface area contributed by atoms with Crippen molar-refractivity contribution >= 4 is 132 Å². The molecule has 0 atom stereocenters. The molecule has 0 radical (unpaired) electrons. The van der Waals surface area contributed by atoms with Crippen LogP contribution in [0.1, 0.15) is 0 Å². The summed E-state index contributed by atoms with van der Waals surface area (Å²) >= 11 is 3.93. The molecule has 0 N–H and O–H groups in total. The lowest BCUT2D eigenvalue weighted by Crippen LogP contribution is -2.62. The fourth-order valence-electron chi connectivity index (χ4n) is 11.9. The molecule has 346 valence electrons. The van der Waals surface area contributed by atoms with Crippen molar-refractivity contribution in [3.05, 3.63) is 267 Å².